The summed E-state index contributed by atoms with van der Waals surface area (Å²) in [5.74, 6) is 5.26. The van der Waals surface area contributed by atoms with Crippen LogP contribution in [0.5, 0.6) is 0 Å². The Balaban J connectivity index is 0.000000424. The van der Waals surface area contributed by atoms with Crippen molar-refractivity contribution in [3.63, 3.8) is 0 Å². The van der Waals surface area contributed by atoms with E-state index in [1.54, 1.807) is 0 Å². The quantitative estimate of drug-likeness (QED) is 0.225. The molecule has 5 fully saturated rings. The SMILES string of the molecule is CC(C)=CCC[C@](C)(O)C1CC[C@]2(C)C1[C@H](C)CC1[C@@]3(C)CC[C@H](O)C(C)(C)C3CC[C@]12C.CCC1OC(C)C(C)C(C)C1C.[B][B].[B][B][B]. The summed E-state index contributed by atoms with van der Waals surface area (Å²) in [6.07, 6.45) is 14.5. The van der Waals surface area contributed by atoms with Crippen molar-refractivity contribution >= 4 is 38.0 Å². The molecule has 0 bridgehead atoms. The van der Waals surface area contributed by atoms with Crippen LogP contribution in [0.2, 0.25) is 0 Å². The van der Waals surface area contributed by atoms with Crippen molar-refractivity contribution in [2.75, 3.05) is 0 Å². The highest BCUT2D eigenvalue weighted by molar-refractivity contribution is 7.17. The molecule has 0 aromatic carbocycles. The second-order valence-electron chi connectivity index (χ2n) is 19.5. The molecule has 15 atom stereocenters. The Morgan fingerprint density at radius 1 is 0.860 bits per heavy atom. The largest absolute Gasteiger partial charge is 0.393 e. The number of ether oxygens (including phenoxy) is 1. The molecule has 9 radical (unpaired) electrons. The smallest absolute Gasteiger partial charge is 0.0653 e. The van der Waals surface area contributed by atoms with Crippen LogP contribution in [0.3, 0.4) is 0 Å². The number of fused-ring (bicyclic) bond motifs is 5. The standard InChI is InChI=1S/C31H54O2.C11H22O.B3.B2/c1-20(2)11-10-15-31(9,33)22-12-17-30(8)26(22)21(3)19-24-28(6)16-14-25(32)27(4,5)23(28)13-18-29(24,30)7;1-6-11-9(4)7(2)8(3)10(5)12-11;1-3-2;1-2/h11,21-26,32-33H,10,12-19H2,1-9H3;7-11H,6H2,1-5H3;;/t21-,22?,23?,24?,25+,26?,28+,29-,30-,31+;;;/m1.../s1. The number of aliphatic hydroxyl groups excluding tert-OH is 1. The third-order valence-electron chi connectivity index (χ3n) is 16.5. The molecule has 0 amide bonds. The van der Waals surface area contributed by atoms with Crippen molar-refractivity contribution in [1.82, 2.24) is 0 Å². The molecule has 1 aliphatic heterocycles. The lowest BCUT2D eigenvalue weighted by molar-refractivity contribution is -0.235. The van der Waals surface area contributed by atoms with Gasteiger partial charge in [-0.2, -0.15) is 0 Å². The maximum Gasteiger partial charge on any atom is 0.0653 e. The highest BCUT2D eigenvalue weighted by atomic mass is 16.5. The Morgan fingerprint density at radius 3 is 1.96 bits per heavy atom. The summed E-state index contributed by atoms with van der Waals surface area (Å²) in [4.78, 5) is 0. The average molecular weight is 683 g/mol. The minimum atomic E-state index is -0.579. The summed E-state index contributed by atoms with van der Waals surface area (Å²) in [7, 11) is 18.0. The van der Waals surface area contributed by atoms with Gasteiger partial charge in [-0.3, -0.25) is 0 Å². The Bertz CT molecular complexity index is 1070. The Labute approximate surface area is 317 Å². The fourth-order valence-electron chi connectivity index (χ4n) is 13.0. The van der Waals surface area contributed by atoms with Gasteiger partial charge >= 0.3 is 0 Å². The van der Waals surface area contributed by atoms with Crippen molar-refractivity contribution in [2.45, 2.75) is 185 Å². The van der Waals surface area contributed by atoms with E-state index in [1.807, 2.05) is 0 Å². The van der Waals surface area contributed by atoms with E-state index in [9.17, 15) is 10.2 Å². The maximum absolute atomic E-state index is 11.8. The van der Waals surface area contributed by atoms with Crippen LogP contribution < -0.4 is 0 Å². The molecular weight excluding hydrogens is 607 g/mol. The zero-order valence-corrected chi connectivity index (χ0v) is 35.2. The fourth-order valence-corrected chi connectivity index (χ4v) is 13.0. The monoisotopic (exact) mass is 684 g/mol. The molecule has 50 heavy (non-hydrogen) atoms. The molecule has 0 aromatic rings. The van der Waals surface area contributed by atoms with E-state index in [0.717, 1.165) is 50.5 Å². The van der Waals surface area contributed by atoms with Gasteiger partial charge in [0.2, 0.25) is 0 Å². The molecule has 5 aliphatic rings. The van der Waals surface area contributed by atoms with Crippen LogP contribution in [0.4, 0.5) is 0 Å². The third kappa shape index (κ3) is 8.74. The van der Waals surface area contributed by atoms with E-state index in [4.69, 9.17) is 4.74 Å². The summed E-state index contributed by atoms with van der Waals surface area (Å²) in [5.41, 5.74) is 1.75. The normalized spacial score (nSPS) is 45.5. The van der Waals surface area contributed by atoms with E-state index >= 15 is 0 Å². The first-order valence-corrected chi connectivity index (χ1v) is 20.4. The molecule has 0 spiro atoms. The molecule has 1 heterocycles. The van der Waals surface area contributed by atoms with Gasteiger partial charge in [0.1, 0.15) is 0 Å². The minimum absolute atomic E-state index is 0.0160. The number of aliphatic hydroxyl groups is 2. The van der Waals surface area contributed by atoms with E-state index in [0.29, 0.717) is 58.0 Å². The molecular formula is C42H76B5O3. The highest BCUT2D eigenvalue weighted by Gasteiger charge is 2.70. The number of allylic oxidation sites excluding steroid dienone is 2. The van der Waals surface area contributed by atoms with Crippen LogP contribution in [-0.4, -0.2) is 72.1 Å². The number of rotatable bonds is 5. The van der Waals surface area contributed by atoms with Crippen LogP contribution in [0.25, 0.3) is 0 Å². The molecule has 3 nitrogen and oxygen atoms in total. The van der Waals surface area contributed by atoms with Gasteiger partial charge in [0.05, 0.1) is 23.9 Å². The van der Waals surface area contributed by atoms with E-state index in [1.165, 1.54) is 44.1 Å². The first-order valence-electron chi connectivity index (χ1n) is 20.4. The molecule has 8 heteroatoms. The Hall–Kier alpha value is -0.0553. The van der Waals surface area contributed by atoms with Gasteiger partial charge in [-0.15, -0.1) is 0 Å². The molecule has 4 saturated carbocycles. The molecule has 0 aromatic heterocycles. The van der Waals surface area contributed by atoms with E-state index < -0.39 is 5.60 Å². The summed E-state index contributed by atoms with van der Waals surface area (Å²) >= 11 is 0. The molecule has 277 valence electrons. The van der Waals surface area contributed by atoms with Crippen molar-refractivity contribution in [1.29, 1.82) is 0 Å². The molecule has 5 rings (SSSR count). The van der Waals surface area contributed by atoms with Crippen LogP contribution in [0.1, 0.15) is 161 Å². The predicted octanol–water partition coefficient (Wildman–Crippen LogP) is 8.96. The topological polar surface area (TPSA) is 49.7 Å². The lowest BCUT2D eigenvalue weighted by Crippen LogP contribution is -2.65. The predicted molar refractivity (Wildman–Crippen MR) is 220 cm³/mol. The van der Waals surface area contributed by atoms with Crippen molar-refractivity contribution in [3.8, 4) is 0 Å². The summed E-state index contributed by atoms with van der Waals surface area (Å²) in [5, 5.41) is 22.7. The molecule has 9 unspecified atom stereocenters. The van der Waals surface area contributed by atoms with Gasteiger partial charge in [0, 0.05) is 38.0 Å². The third-order valence-corrected chi connectivity index (χ3v) is 16.5. The van der Waals surface area contributed by atoms with Crippen LogP contribution in [0, 0.1) is 69.0 Å². The van der Waals surface area contributed by atoms with Gasteiger partial charge in [-0.25, -0.2) is 0 Å². The first kappa shape index (κ1) is 46.1. The van der Waals surface area contributed by atoms with Gasteiger partial charge < -0.3 is 14.9 Å². The van der Waals surface area contributed by atoms with Crippen molar-refractivity contribution in [2.24, 2.45) is 69.0 Å². The zero-order chi connectivity index (χ0) is 38.6. The van der Waals surface area contributed by atoms with Gasteiger partial charge in [-0.05, 0) is 161 Å². The van der Waals surface area contributed by atoms with Crippen molar-refractivity contribution < 1.29 is 14.9 Å². The molecule has 1 saturated heterocycles. The molecule has 4 aliphatic carbocycles. The van der Waals surface area contributed by atoms with E-state index in [2.05, 4.69) is 134 Å². The molecule has 2 N–H and O–H groups in total. The van der Waals surface area contributed by atoms with Crippen LogP contribution >= 0.6 is 0 Å². The summed E-state index contributed by atoms with van der Waals surface area (Å²) in [6.45, 7) is 32.9. The average Bonchev–Trinajstić information content (AvgIpc) is 3.43. The fraction of sp³-hybridized carbons (Fsp3) is 0.952. The maximum atomic E-state index is 11.8. The summed E-state index contributed by atoms with van der Waals surface area (Å²) < 4.78 is 5.93. The van der Waals surface area contributed by atoms with Gasteiger partial charge in [0.15, 0.2) is 0 Å². The zero-order valence-electron chi connectivity index (χ0n) is 35.2. The van der Waals surface area contributed by atoms with Crippen LogP contribution in [0.15, 0.2) is 11.6 Å². The highest BCUT2D eigenvalue weighted by Crippen LogP contribution is 2.76. The summed E-state index contributed by atoms with van der Waals surface area (Å²) in [6, 6.07) is 0. The number of hydrogen-bond acceptors (Lipinski definition) is 3. The lowest BCUT2D eigenvalue weighted by Gasteiger charge is -2.71. The first-order chi connectivity index (χ1) is 23.1. The van der Waals surface area contributed by atoms with Gasteiger partial charge in [0.25, 0.3) is 0 Å². The van der Waals surface area contributed by atoms with E-state index in [-0.39, 0.29) is 11.5 Å². The van der Waals surface area contributed by atoms with Crippen LogP contribution in [-0.2, 0) is 4.74 Å². The minimum Gasteiger partial charge on any atom is -0.393 e. The second kappa shape index (κ2) is 18.1. The van der Waals surface area contributed by atoms with Crippen molar-refractivity contribution in [3.05, 3.63) is 11.6 Å². The lowest BCUT2D eigenvalue weighted by atomic mass is 9.34. The Kier molecular flexibility index (Phi) is 16.6. The number of hydrogen-bond donors (Lipinski definition) is 2. The Morgan fingerprint density at radius 2 is 1.42 bits per heavy atom. The second-order valence-corrected chi connectivity index (χ2v) is 19.5. The van der Waals surface area contributed by atoms with Gasteiger partial charge in [-0.1, -0.05) is 80.9 Å².